The third-order valence-corrected chi connectivity index (χ3v) is 3.25. The summed E-state index contributed by atoms with van der Waals surface area (Å²) in [5.41, 5.74) is 5.46. The summed E-state index contributed by atoms with van der Waals surface area (Å²) in [7, 11) is 0. The van der Waals surface area contributed by atoms with Crippen molar-refractivity contribution in [1.82, 2.24) is 10.1 Å². The van der Waals surface area contributed by atoms with Crippen molar-refractivity contribution in [2.45, 2.75) is 51.2 Å². The molecule has 0 saturated carbocycles. The smallest absolute Gasteiger partial charge is 0.232 e. The monoisotopic (exact) mass is 269 g/mol. The number of ether oxygens (including phenoxy) is 2. The Morgan fingerprint density at radius 2 is 2.32 bits per heavy atom. The molecule has 108 valence electrons. The molecule has 3 atom stereocenters. The van der Waals surface area contributed by atoms with Crippen molar-refractivity contribution in [1.29, 1.82) is 0 Å². The van der Waals surface area contributed by atoms with Gasteiger partial charge in [0.05, 0.1) is 25.2 Å². The molecule has 2 N–H and O–H groups in total. The largest absolute Gasteiger partial charge is 0.379 e. The van der Waals surface area contributed by atoms with Crippen LogP contribution in [0.5, 0.6) is 0 Å². The summed E-state index contributed by atoms with van der Waals surface area (Å²) in [6.07, 6.45) is 2.12. The fourth-order valence-corrected chi connectivity index (χ4v) is 2.12. The summed E-state index contributed by atoms with van der Waals surface area (Å²) < 4.78 is 16.3. The van der Waals surface area contributed by atoms with Gasteiger partial charge < -0.3 is 19.7 Å². The zero-order valence-corrected chi connectivity index (χ0v) is 11.9. The summed E-state index contributed by atoms with van der Waals surface area (Å²) in [5, 5.41) is 3.99. The third-order valence-electron chi connectivity index (χ3n) is 3.25. The van der Waals surface area contributed by atoms with Crippen molar-refractivity contribution in [2.24, 2.45) is 5.73 Å². The van der Waals surface area contributed by atoms with Crippen molar-refractivity contribution in [3.63, 3.8) is 0 Å². The molecule has 1 fully saturated rings. The highest BCUT2D eigenvalue weighted by atomic mass is 16.5. The predicted molar refractivity (Wildman–Crippen MR) is 69.7 cm³/mol. The molecule has 1 aliphatic heterocycles. The molecule has 0 aromatic carbocycles. The normalized spacial score (nSPS) is 26.5. The molecule has 1 aromatic rings. The van der Waals surface area contributed by atoms with Crippen LogP contribution >= 0.6 is 0 Å². The number of aromatic nitrogens is 2. The second-order valence-electron chi connectivity index (χ2n) is 5.50. The Morgan fingerprint density at radius 3 is 2.95 bits per heavy atom. The van der Waals surface area contributed by atoms with E-state index >= 15 is 0 Å². The molecule has 0 radical (unpaired) electrons. The summed E-state index contributed by atoms with van der Waals surface area (Å²) in [6.45, 7) is 7.66. The highest BCUT2D eigenvalue weighted by Gasteiger charge is 2.32. The molecule has 6 heteroatoms. The molecular weight excluding hydrogens is 246 g/mol. The van der Waals surface area contributed by atoms with E-state index in [1.165, 1.54) is 0 Å². The minimum absolute atomic E-state index is 0.184. The van der Waals surface area contributed by atoms with E-state index in [1.807, 2.05) is 13.8 Å². The molecule has 1 saturated heterocycles. The number of nitrogens with two attached hydrogens (primary N) is 1. The number of rotatable bonds is 6. The lowest BCUT2D eigenvalue weighted by Crippen LogP contribution is -2.39. The maximum atomic E-state index is 6.18. The van der Waals surface area contributed by atoms with Crippen molar-refractivity contribution >= 4 is 0 Å². The predicted octanol–water partition coefficient (Wildman–Crippen LogP) is 1.56. The lowest BCUT2D eigenvalue weighted by molar-refractivity contribution is 0.0867. The minimum Gasteiger partial charge on any atom is -0.379 e. The van der Waals surface area contributed by atoms with Crippen LogP contribution < -0.4 is 5.73 Å². The second kappa shape index (κ2) is 5.98. The molecule has 0 bridgehead atoms. The van der Waals surface area contributed by atoms with E-state index in [-0.39, 0.29) is 12.0 Å². The van der Waals surface area contributed by atoms with E-state index in [0.29, 0.717) is 31.5 Å². The van der Waals surface area contributed by atoms with E-state index in [9.17, 15) is 0 Å². The molecule has 0 amide bonds. The van der Waals surface area contributed by atoms with Crippen molar-refractivity contribution in [3.8, 4) is 0 Å². The molecule has 1 aromatic heterocycles. The topological polar surface area (TPSA) is 83.4 Å². The fourth-order valence-electron chi connectivity index (χ4n) is 2.12. The molecule has 2 rings (SSSR count). The van der Waals surface area contributed by atoms with Gasteiger partial charge in [0.15, 0.2) is 5.82 Å². The Balaban J connectivity index is 1.99. The van der Waals surface area contributed by atoms with Gasteiger partial charge in [-0.25, -0.2) is 0 Å². The molecule has 2 heterocycles. The van der Waals surface area contributed by atoms with Crippen molar-refractivity contribution < 1.29 is 14.0 Å². The Morgan fingerprint density at radius 1 is 1.53 bits per heavy atom. The van der Waals surface area contributed by atoms with Crippen LogP contribution in [0.25, 0.3) is 0 Å². The van der Waals surface area contributed by atoms with Gasteiger partial charge in [0.2, 0.25) is 5.89 Å². The van der Waals surface area contributed by atoms with Crippen LogP contribution in [-0.2, 0) is 15.0 Å². The quantitative estimate of drug-likeness (QED) is 0.789. The van der Waals surface area contributed by atoms with Gasteiger partial charge in [0.25, 0.3) is 0 Å². The van der Waals surface area contributed by atoms with Crippen LogP contribution in [0, 0.1) is 0 Å². The van der Waals surface area contributed by atoms with Crippen LogP contribution in [0.1, 0.15) is 51.2 Å². The van der Waals surface area contributed by atoms with Crippen molar-refractivity contribution in [3.05, 3.63) is 11.7 Å². The third kappa shape index (κ3) is 3.52. The average molecular weight is 269 g/mol. The second-order valence-corrected chi connectivity index (χ2v) is 5.50. The first-order valence-corrected chi connectivity index (χ1v) is 6.85. The number of hydrogen-bond donors (Lipinski definition) is 1. The Labute approximate surface area is 113 Å². The molecule has 3 unspecified atom stereocenters. The molecular formula is C13H23N3O3. The van der Waals surface area contributed by atoms with Crippen LogP contribution in [0.3, 0.4) is 0 Å². The van der Waals surface area contributed by atoms with E-state index in [0.717, 1.165) is 12.8 Å². The van der Waals surface area contributed by atoms with Gasteiger partial charge in [-0.2, -0.15) is 4.98 Å². The van der Waals surface area contributed by atoms with Crippen LogP contribution in [-0.4, -0.2) is 36.1 Å². The summed E-state index contributed by atoms with van der Waals surface area (Å²) >= 11 is 0. The lowest BCUT2D eigenvalue weighted by Gasteiger charge is -2.19. The van der Waals surface area contributed by atoms with E-state index in [2.05, 4.69) is 17.1 Å². The molecule has 0 spiro atoms. The Hall–Kier alpha value is -0.980. The zero-order chi connectivity index (χ0) is 13.9. The lowest BCUT2D eigenvalue weighted by atomic mass is 10.0. The van der Waals surface area contributed by atoms with Crippen molar-refractivity contribution in [2.75, 3.05) is 19.8 Å². The minimum atomic E-state index is -0.720. The first-order chi connectivity index (χ1) is 9.03. The van der Waals surface area contributed by atoms with Gasteiger partial charge >= 0.3 is 0 Å². The standard InChI is InChI=1S/C13H23N3O3/c1-4-5-17-8-13(3,14)12-15-11(19-16-12)10-6-9(2)18-7-10/h9-10H,4-8,14H2,1-3H3. The summed E-state index contributed by atoms with van der Waals surface area (Å²) in [6, 6.07) is 0. The van der Waals surface area contributed by atoms with E-state index in [1.54, 1.807) is 0 Å². The number of hydrogen-bond acceptors (Lipinski definition) is 6. The number of nitrogens with zero attached hydrogens (tertiary/aromatic N) is 2. The van der Waals surface area contributed by atoms with Gasteiger partial charge in [0.1, 0.15) is 5.54 Å². The first-order valence-electron chi connectivity index (χ1n) is 6.85. The Bertz CT molecular complexity index is 406. The highest BCUT2D eigenvalue weighted by molar-refractivity contribution is 5.05. The maximum absolute atomic E-state index is 6.18. The van der Waals surface area contributed by atoms with Gasteiger partial charge in [0, 0.05) is 6.61 Å². The van der Waals surface area contributed by atoms with Gasteiger partial charge in [-0.1, -0.05) is 12.1 Å². The average Bonchev–Trinajstić information content (AvgIpc) is 2.97. The van der Waals surface area contributed by atoms with Crippen LogP contribution in [0.2, 0.25) is 0 Å². The van der Waals surface area contributed by atoms with E-state index < -0.39 is 5.54 Å². The van der Waals surface area contributed by atoms with Gasteiger partial charge in [-0.05, 0) is 26.7 Å². The van der Waals surface area contributed by atoms with Gasteiger partial charge in [-0.15, -0.1) is 0 Å². The SMILES string of the molecule is CCCOCC(C)(N)c1noc(C2COC(C)C2)n1. The zero-order valence-electron chi connectivity index (χ0n) is 11.9. The first kappa shape index (κ1) is 14.4. The maximum Gasteiger partial charge on any atom is 0.232 e. The molecule has 19 heavy (non-hydrogen) atoms. The molecule has 6 nitrogen and oxygen atoms in total. The Kier molecular flexibility index (Phi) is 4.54. The fraction of sp³-hybridized carbons (Fsp3) is 0.846. The highest BCUT2D eigenvalue weighted by Crippen LogP contribution is 2.29. The molecule has 1 aliphatic rings. The summed E-state index contributed by atoms with van der Waals surface area (Å²) in [4.78, 5) is 4.41. The molecule has 0 aliphatic carbocycles. The summed E-state index contributed by atoms with van der Waals surface area (Å²) in [5.74, 6) is 1.30. The van der Waals surface area contributed by atoms with E-state index in [4.69, 9.17) is 19.7 Å². The van der Waals surface area contributed by atoms with Crippen LogP contribution in [0.15, 0.2) is 4.52 Å². The van der Waals surface area contributed by atoms with Crippen LogP contribution in [0.4, 0.5) is 0 Å². The van der Waals surface area contributed by atoms with Gasteiger partial charge in [-0.3, -0.25) is 0 Å².